The van der Waals surface area contributed by atoms with E-state index in [0.717, 1.165) is 34.3 Å². The first-order chi connectivity index (χ1) is 13.3. The fourth-order valence-corrected chi connectivity index (χ4v) is 4.49. The van der Waals surface area contributed by atoms with E-state index >= 15 is 0 Å². The predicted octanol–water partition coefficient (Wildman–Crippen LogP) is 4.27. The summed E-state index contributed by atoms with van der Waals surface area (Å²) in [6.45, 7) is 7.76. The van der Waals surface area contributed by atoms with Crippen molar-refractivity contribution in [3.05, 3.63) is 63.3 Å². The number of aryl methyl sites for hydroxylation is 2. The lowest BCUT2D eigenvalue weighted by Crippen LogP contribution is -2.23. The van der Waals surface area contributed by atoms with Gasteiger partial charge in [-0.05, 0) is 31.5 Å². The molecule has 3 aromatic rings. The normalized spacial score (nSPS) is 11.0. The van der Waals surface area contributed by atoms with Crippen LogP contribution >= 0.6 is 23.1 Å². The number of halogens is 2. The summed E-state index contributed by atoms with van der Waals surface area (Å²) >= 11 is 2.53. The molecule has 0 fully saturated rings. The maximum atomic E-state index is 13.3. The molecule has 5 nitrogen and oxygen atoms in total. The van der Waals surface area contributed by atoms with E-state index in [1.807, 2.05) is 13.8 Å². The zero-order chi connectivity index (χ0) is 20.4. The number of thiophene rings is 1. The van der Waals surface area contributed by atoms with Gasteiger partial charge in [0, 0.05) is 23.2 Å². The van der Waals surface area contributed by atoms with Gasteiger partial charge in [0.25, 0.3) is 5.56 Å². The summed E-state index contributed by atoms with van der Waals surface area (Å²) < 4.78 is 27.7. The van der Waals surface area contributed by atoms with Gasteiger partial charge in [-0.2, -0.15) is 0 Å². The number of rotatable bonds is 6. The van der Waals surface area contributed by atoms with Gasteiger partial charge in [0.1, 0.15) is 4.83 Å². The third-order valence-corrected chi connectivity index (χ3v) is 6.18. The van der Waals surface area contributed by atoms with Crippen molar-refractivity contribution >= 4 is 44.9 Å². The lowest BCUT2D eigenvalue weighted by molar-refractivity contribution is -0.113. The molecule has 2 heterocycles. The molecule has 0 saturated heterocycles. The number of fused-ring (bicyclic) bond motifs is 1. The standard InChI is InChI=1S/C19H17F2N3O2S2/c1-4-7-24-18(26)16-10(2)11(3)28-17(16)23-19(24)27-9-15(25)22-12-5-6-13(20)14(21)8-12/h4-6,8H,1,7,9H2,2-3H3,(H,22,25). The summed E-state index contributed by atoms with van der Waals surface area (Å²) in [6.07, 6.45) is 1.59. The number of carbonyl (C=O) groups is 1. The van der Waals surface area contributed by atoms with Crippen LogP contribution in [0.2, 0.25) is 0 Å². The van der Waals surface area contributed by atoms with Crippen LogP contribution in [-0.4, -0.2) is 21.2 Å². The summed E-state index contributed by atoms with van der Waals surface area (Å²) in [6, 6.07) is 3.12. The van der Waals surface area contributed by atoms with Gasteiger partial charge < -0.3 is 5.32 Å². The molecule has 0 atom stereocenters. The topological polar surface area (TPSA) is 64.0 Å². The lowest BCUT2D eigenvalue weighted by Gasteiger charge is -2.10. The first-order valence-electron chi connectivity index (χ1n) is 8.31. The molecule has 1 N–H and O–H groups in total. The molecule has 0 bridgehead atoms. The van der Waals surface area contributed by atoms with Gasteiger partial charge in [0.05, 0.1) is 11.1 Å². The van der Waals surface area contributed by atoms with E-state index in [-0.39, 0.29) is 23.5 Å². The van der Waals surface area contributed by atoms with Gasteiger partial charge in [0.15, 0.2) is 16.8 Å². The molecule has 0 saturated carbocycles. The molecule has 0 radical (unpaired) electrons. The van der Waals surface area contributed by atoms with Crippen molar-refractivity contribution in [2.24, 2.45) is 0 Å². The Labute approximate surface area is 168 Å². The molecular weight excluding hydrogens is 404 g/mol. The Balaban J connectivity index is 1.83. The highest BCUT2D eigenvalue weighted by molar-refractivity contribution is 7.99. The first kappa shape index (κ1) is 20.2. The third-order valence-electron chi connectivity index (χ3n) is 4.10. The quantitative estimate of drug-likeness (QED) is 0.367. The molecule has 28 heavy (non-hydrogen) atoms. The number of hydrogen-bond acceptors (Lipinski definition) is 5. The van der Waals surface area contributed by atoms with Crippen LogP contribution in [0.3, 0.4) is 0 Å². The SMILES string of the molecule is C=CCn1c(SCC(=O)Nc2ccc(F)c(F)c2)nc2sc(C)c(C)c2c1=O. The lowest BCUT2D eigenvalue weighted by atomic mass is 10.2. The second-order valence-electron chi connectivity index (χ2n) is 6.03. The average molecular weight is 421 g/mol. The molecule has 0 aliphatic heterocycles. The number of hydrogen-bond donors (Lipinski definition) is 1. The molecule has 146 valence electrons. The van der Waals surface area contributed by atoms with E-state index in [1.165, 1.54) is 22.0 Å². The van der Waals surface area contributed by atoms with E-state index in [0.29, 0.717) is 15.4 Å². The number of allylic oxidation sites excluding steroid dienone is 1. The Bertz CT molecular complexity index is 1140. The Morgan fingerprint density at radius 2 is 2.11 bits per heavy atom. The van der Waals surface area contributed by atoms with Crippen LogP contribution in [0.15, 0.2) is 40.8 Å². The van der Waals surface area contributed by atoms with Crippen LogP contribution in [0.1, 0.15) is 10.4 Å². The highest BCUT2D eigenvalue weighted by Crippen LogP contribution is 2.28. The van der Waals surface area contributed by atoms with Gasteiger partial charge in [-0.3, -0.25) is 14.2 Å². The minimum Gasteiger partial charge on any atom is -0.325 e. The van der Waals surface area contributed by atoms with E-state index in [1.54, 1.807) is 6.08 Å². The summed E-state index contributed by atoms with van der Waals surface area (Å²) in [4.78, 5) is 31.2. The number of nitrogens with zero attached hydrogens (tertiary/aromatic N) is 2. The number of thioether (sulfide) groups is 1. The minimum atomic E-state index is -1.04. The Kier molecular flexibility index (Phi) is 5.95. The number of nitrogens with one attached hydrogen (secondary N) is 1. The maximum Gasteiger partial charge on any atom is 0.263 e. The zero-order valence-electron chi connectivity index (χ0n) is 15.2. The van der Waals surface area contributed by atoms with Crippen LogP contribution in [-0.2, 0) is 11.3 Å². The third kappa shape index (κ3) is 4.00. The van der Waals surface area contributed by atoms with Crippen molar-refractivity contribution in [2.75, 3.05) is 11.1 Å². The first-order valence-corrected chi connectivity index (χ1v) is 10.1. The maximum absolute atomic E-state index is 13.3. The molecule has 0 aliphatic carbocycles. The second kappa shape index (κ2) is 8.24. The van der Waals surface area contributed by atoms with Gasteiger partial charge in [-0.25, -0.2) is 13.8 Å². The number of aromatic nitrogens is 2. The summed E-state index contributed by atoms with van der Waals surface area (Å²) in [5, 5.41) is 3.48. The van der Waals surface area contributed by atoms with Crippen molar-refractivity contribution < 1.29 is 13.6 Å². The van der Waals surface area contributed by atoms with Crippen molar-refractivity contribution in [2.45, 2.75) is 25.5 Å². The fraction of sp³-hybridized carbons (Fsp3) is 0.211. The number of anilines is 1. The molecule has 0 spiro atoms. The highest BCUT2D eigenvalue weighted by Gasteiger charge is 2.17. The van der Waals surface area contributed by atoms with Crippen LogP contribution < -0.4 is 10.9 Å². The van der Waals surface area contributed by atoms with Gasteiger partial charge in [-0.15, -0.1) is 17.9 Å². The predicted molar refractivity (Wildman–Crippen MR) is 109 cm³/mol. The van der Waals surface area contributed by atoms with Crippen LogP contribution in [0, 0.1) is 25.5 Å². The van der Waals surface area contributed by atoms with Crippen molar-refractivity contribution in [1.29, 1.82) is 0 Å². The number of benzene rings is 1. The molecule has 1 aromatic carbocycles. The molecule has 2 aromatic heterocycles. The minimum absolute atomic E-state index is 0.0442. The van der Waals surface area contributed by atoms with E-state index in [2.05, 4.69) is 16.9 Å². The number of carbonyl (C=O) groups excluding carboxylic acids is 1. The van der Waals surface area contributed by atoms with E-state index in [9.17, 15) is 18.4 Å². The molecule has 1 amide bonds. The van der Waals surface area contributed by atoms with Crippen molar-refractivity contribution in [1.82, 2.24) is 9.55 Å². The smallest absolute Gasteiger partial charge is 0.263 e. The van der Waals surface area contributed by atoms with Gasteiger partial charge in [0.2, 0.25) is 5.91 Å². The Morgan fingerprint density at radius 3 is 2.79 bits per heavy atom. The molecule has 0 unspecified atom stereocenters. The summed E-state index contributed by atoms with van der Waals surface area (Å²) in [7, 11) is 0. The average Bonchev–Trinajstić information content (AvgIpc) is 2.93. The number of amides is 1. The highest BCUT2D eigenvalue weighted by atomic mass is 32.2. The Hall–Kier alpha value is -2.52. The fourth-order valence-electron chi connectivity index (χ4n) is 2.61. The van der Waals surface area contributed by atoms with E-state index < -0.39 is 17.5 Å². The molecular formula is C19H17F2N3O2S2. The largest absolute Gasteiger partial charge is 0.325 e. The van der Waals surface area contributed by atoms with Crippen LogP contribution in [0.4, 0.5) is 14.5 Å². The van der Waals surface area contributed by atoms with Gasteiger partial charge in [-0.1, -0.05) is 17.8 Å². The van der Waals surface area contributed by atoms with Crippen molar-refractivity contribution in [3.8, 4) is 0 Å². The van der Waals surface area contributed by atoms with Crippen molar-refractivity contribution in [3.63, 3.8) is 0 Å². The van der Waals surface area contributed by atoms with Crippen LogP contribution in [0.5, 0.6) is 0 Å². The Morgan fingerprint density at radius 1 is 1.36 bits per heavy atom. The van der Waals surface area contributed by atoms with Crippen LogP contribution in [0.25, 0.3) is 10.2 Å². The molecule has 9 heteroatoms. The zero-order valence-corrected chi connectivity index (χ0v) is 16.8. The summed E-state index contributed by atoms with van der Waals surface area (Å²) in [5.74, 6) is -2.49. The second-order valence-corrected chi connectivity index (χ2v) is 8.17. The monoisotopic (exact) mass is 421 g/mol. The molecule has 3 rings (SSSR count). The van der Waals surface area contributed by atoms with E-state index in [4.69, 9.17) is 0 Å². The summed E-state index contributed by atoms with van der Waals surface area (Å²) in [5.41, 5.74) is 0.888. The van der Waals surface area contributed by atoms with Gasteiger partial charge >= 0.3 is 0 Å². The molecule has 0 aliphatic rings.